The fraction of sp³-hybridized carbons (Fsp3) is 0.538. The molecule has 258 valence electrons. The zero-order valence-electron chi connectivity index (χ0n) is 29.8. The molecule has 0 N–H and O–H groups in total. The van der Waals surface area contributed by atoms with Gasteiger partial charge in [-0.3, -0.25) is 14.7 Å². The van der Waals surface area contributed by atoms with Crippen LogP contribution in [0.15, 0.2) is 55.4 Å². The lowest BCUT2D eigenvalue weighted by Gasteiger charge is -2.36. The molecule has 6 rings (SSSR count). The Kier molecular flexibility index (Phi) is 10.9. The number of piperidine rings is 1. The summed E-state index contributed by atoms with van der Waals surface area (Å²) in [6.07, 6.45) is 19.7. The van der Waals surface area contributed by atoms with Crippen LogP contribution in [0, 0.1) is 11.8 Å². The first-order valence-corrected chi connectivity index (χ1v) is 18.1. The zero-order chi connectivity index (χ0) is 34.4. The van der Waals surface area contributed by atoms with E-state index in [1.54, 1.807) is 31.0 Å². The van der Waals surface area contributed by atoms with Gasteiger partial charge in [0.2, 0.25) is 11.9 Å². The van der Waals surface area contributed by atoms with Gasteiger partial charge in [0.1, 0.15) is 17.5 Å². The highest BCUT2D eigenvalue weighted by Crippen LogP contribution is 2.35. The van der Waals surface area contributed by atoms with Crippen molar-refractivity contribution in [2.45, 2.75) is 110 Å². The molecule has 4 aromatic heterocycles. The van der Waals surface area contributed by atoms with E-state index in [1.807, 2.05) is 30.0 Å². The Morgan fingerprint density at radius 1 is 0.837 bits per heavy atom. The van der Waals surface area contributed by atoms with Crippen molar-refractivity contribution in [3.8, 4) is 11.1 Å². The molecule has 1 amide bonds. The van der Waals surface area contributed by atoms with Gasteiger partial charge in [-0.15, -0.1) is 0 Å². The summed E-state index contributed by atoms with van der Waals surface area (Å²) in [5.41, 5.74) is 3.79. The van der Waals surface area contributed by atoms with Crippen molar-refractivity contribution in [1.82, 2.24) is 34.9 Å². The number of hydrogen-bond donors (Lipinski definition) is 0. The molecule has 2 aliphatic rings. The number of anilines is 2. The Hall–Kier alpha value is -4.34. The molecular formula is C39H51N9O. The molecule has 4 aromatic rings. The number of carbonyl (C=O) groups excluding carboxylic acids is 1. The van der Waals surface area contributed by atoms with Gasteiger partial charge in [-0.05, 0) is 74.3 Å². The Morgan fingerprint density at radius 3 is 2.10 bits per heavy atom. The number of amides is 1. The minimum atomic E-state index is -0.0186. The minimum Gasteiger partial charge on any atom is -0.356 e. The van der Waals surface area contributed by atoms with Crippen molar-refractivity contribution in [3.05, 3.63) is 78.3 Å². The monoisotopic (exact) mass is 661 g/mol. The summed E-state index contributed by atoms with van der Waals surface area (Å²) in [6, 6.07) is 5.85. The highest BCUT2D eigenvalue weighted by atomic mass is 16.2. The first kappa shape index (κ1) is 34.5. The lowest BCUT2D eigenvalue weighted by atomic mass is 9.83. The average molecular weight is 662 g/mol. The number of pyridine rings is 1. The number of aryl methyl sites for hydroxylation is 2. The van der Waals surface area contributed by atoms with Crippen LogP contribution in [0.3, 0.4) is 0 Å². The van der Waals surface area contributed by atoms with Gasteiger partial charge in [0, 0.05) is 98.0 Å². The molecule has 1 aliphatic heterocycles. The van der Waals surface area contributed by atoms with Crippen LogP contribution in [0.1, 0.15) is 102 Å². The second-order valence-electron chi connectivity index (χ2n) is 14.9. The van der Waals surface area contributed by atoms with Crippen LogP contribution in [0.25, 0.3) is 11.1 Å². The molecule has 0 unspecified atom stereocenters. The summed E-state index contributed by atoms with van der Waals surface area (Å²) in [7, 11) is 0. The second kappa shape index (κ2) is 15.5. The maximum Gasteiger partial charge on any atom is 0.232 e. The smallest absolute Gasteiger partial charge is 0.232 e. The first-order chi connectivity index (χ1) is 23.7. The molecule has 0 radical (unpaired) electrons. The van der Waals surface area contributed by atoms with E-state index in [0.717, 1.165) is 91.8 Å². The standard InChI is InChI=1S/C39H51N9O/c1-6-34-41-22-29(23-42-34)30-24-44-38(45-25-30)48(36(49)15-12-31-9-7-8-18-40-31)32-13-10-28(11-14-32)21-35-43-26-33(39(3,4)5)37(46-35)47-19-16-27(2)17-20-47/h7-9,18,22-28,32H,6,10-17,19-21H2,1-5H3. The summed E-state index contributed by atoms with van der Waals surface area (Å²) < 4.78 is 0. The molecule has 49 heavy (non-hydrogen) atoms. The molecule has 2 fully saturated rings. The van der Waals surface area contributed by atoms with Crippen LogP contribution in [-0.2, 0) is 29.5 Å². The van der Waals surface area contributed by atoms with Crippen LogP contribution < -0.4 is 9.80 Å². The quantitative estimate of drug-likeness (QED) is 0.178. The molecular weight excluding hydrogens is 610 g/mol. The third-order valence-electron chi connectivity index (χ3n) is 10.2. The first-order valence-electron chi connectivity index (χ1n) is 18.1. The third kappa shape index (κ3) is 8.64. The number of carbonyl (C=O) groups is 1. The maximum absolute atomic E-state index is 13.9. The van der Waals surface area contributed by atoms with E-state index in [-0.39, 0.29) is 17.4 Å². The Labute approximate surface area is 291 Å². The maximum atomic E-state index is 13.9. The fourth-order valence-corrected chi connectivity index (χ4v) is 7.02. The molecule has 1 aliphatic carbocycles. The second-order valence-corrected chi connectivity index (χ2v) is 14.9. The molecule has 0 atom stereocenters. The Bertz CT molecular complexity index is 1660. The highest BCUT2D eigenvalue weighted by Gasteiger charge is 2.33. The molecule has 10 nitrogen and oxygen atoms in total. The van der Waals surface area contributed by atoms with Crippen molar-refractivity contribution in [2.24, 2.45) is 11.8 Å². The summed E-state index contributed by atoms with van der Waals surface area (Å²) in [4.78, 5) is 51.1. The molecule has 0 spiro atoms. The van der Waals surface area contributed by atoms with Crippen LogP contribution in [0.5, 0.6) is 0 Å². The van der Waals surface area contributed by atoms with E-state index in [9.17, 15) is 4.79 Å². The predicted molar refractivity (Wildman–Crippen MR) is 193 cm³/mol. The third-order valence-corrected chi connectivity index (χ3v) is 10.2. The van der Waals surface area contributed by atoms with Gasteiger partial charge in [-0.2, -0.15) is 0 Å². The molecule has 1 saturated carbocycles. The van der Waals surface area contributed by atoms with Gasteiger partial charge in [0.25, 0.3) is 0 Å². The van der Waals surface area contributed by atoms with Crippen molar-refractivity contribution in [3.63, 3.8) is 0 Å². The van der Waals surface area contributed by atoms with E-state index >= 15 is 0 Å². The highest BCUT2D eigenvalue weighted by molar-refractivity contribution is 5.92. The molecule has 0 aromatic carbocycles. The number of hydrogen-bond acceptors (Lipinski definition) is 9. The summed E-state index contributed by atoms with van der Waals surface area (Å²) in [6.45, 7) is 13.2. The Balaban J connectivity index is 1.16. The van der Waals surface area contributed by atoms with E-state index in [4.69, 9.17) is 19.9 Å². The average Bonchev–Trinajstić information content (AvgIpc) is 3.12. The summed E-state index contributed by atoms with van der Waals surface area (Å²) in [5, 5.41) is 0. The van der Waals surface area contributed by atoms with Crippen LogP contribution >= 0.6 is 0 Å². The van der Waals surface area contributed by atoms with Gasteiger partial charge < -0.3 is 4.90 Å². The van der Waals surface area contributed by atoms with Gasteiger partial charge >= 0.3 is 0 Å². The van der Waals surface area contributed by atoms with Gasteiger partial charge in [-0.25, -0.2) is 29.9 Å². The van der Waals surface area contributed by atoms with Crippen molar-refractivity contribution in [1.29, 1.82) is 0 Å². The van der Waals surface area contributed by atoms with Crippen molar-refractivity contribution in [2.75, 3.05) is 22.9 Å². The predicted octanol–water partition coefficient (Wildman–Crippen LogP) is 6.98. The van der Waals surface area contributed by atoms with E-state index < -0.39 is 0 Å². The summed E-state index contributed by atoms with van der Waals surface area (Å²) >= 11 is 0. The number of nitrogens with zero attached hydrogens (tertiary/aromatic N) is 9. The lowest BCUT2D eigenvalue weighted by molar-refractivity contribution is -0.119. The number of rotatable bonds is 10. The van der Waals surface area contributed by atoms with Crippen LogP contribution in [-0.4, -0.2) is 59.9 Å². The van der Waals surface area contributed by atoms with E-state index in [2.05, 4.69) is 53.7 Å². The lowest BCUT2D eigenvalue weighted by Crippen LogP contribution is -2.44. The van der Waals surface area contributed by atoms with Crippen molar-refractivity contribution >= 4 is 17.7 Å². The number of aromatic nitrogens is 7. The molecule has 1 saturated heterocycles. The Morgan fingerprint density at radius 2 is 1.49 bits per heavy atom. The topological polar surface area (TPSA) is 114 Å². The normalized spacial score (nSPS) is 18.8. The van der Waals surface area contributed by atoms with Gasteiger partial charge in [0.05, 0.1) is 0 Å². The van der Waals surface area contributed by atoms with E-state index in [0.29, 0.717) is 24.7 Å². The molecule has 0 bridgehead atoms. The van der Waals surface area contributed by atoms with Crippen LogP contribution in [0.4, 0.5) is 11.8 Å². The zero-order valence-corrected chi connectivity index (χ0v) is 29.8. The molecule has 10 heteroatoms. The van der Waals surface area contributed by atoms with Crippen LogP contribution in [0.2, 0.25) is 0 Å². The largest absolute Gasteiger partial charge is 0.356 e. The fourth-order valence-electron chi connectivity index (χ4n) is 7.02. The van der Waals surface area contributed by atoms with Gasteiger partial charge in [-0.1, -0.05) is 40.7 Å². The van der Waals surface area contributed by atoms with E-state index in [1.165, 1.54) is 18.4 Å². The molecule has 5 heterocycles. The van der Waals surface area contributed by atoms with Gasteiger partial charge in [0.15, 0.2) is 0 Å². The van der Waals surface area contributed by atoms with Crippen molar-refractivity contribution < 1.29 is 4.79 Å². The minimum absolute atomic E-state index is 0.0186. The SMILES string of the molecule is CCc1ncc(-c2cnc(N(C(=O)CCc3ccccn3)C3CCC(Cc4ncc(C(C)(C)C)c(N5CCC(C)CC5)n4)CC3)nc2)cn1. The summed E-state index contributed by atoms with van der Waals surface area (Å²) in [5.74, 6) is 4.56.